The molecule has 2 rings (SSSR count). The molecule has 0 bridgehead atoms. The summed E-state index contributed by atoms with van der Waals surface area (Å²) in [5, 5.41) is 14.0. The van der Waals surface area contributed by atoms with Crippen LogP contribution in [0.25, 0.3) is 0 Å². The van der Waals surface area contributed by atoms with Crippen LogP contribution in [-0.4, -0.2) is 38.7 Å². The van der Waals surface area contributed by atoms with E-state index in [0.29, 0.717) is 26.1 Å². The maximum absolute atomic E-state index is 12.8. The summed E-state index contributed by atoms with van der Waals surface area (Å²) in [7, 11) is -3.67. The fourth-order valence-corrected chi connectivity index (χ4v) is 3.50. The first-order chi connectivity index (χ1) is 14.2. The number of carbonyl (C=O) groups excluding carboxylic acids is 1. The van der Waals surface area contributed by atoms with E-state index in [1.807, 2.05) is 13.8 Å². The van der Waals surface area contributed by atoms with Crippen LogP contribution >= 0.6 is 0 Å². The summed E-state index contributed by atoms with van der Waals surface area (Å²) in [4.78, 5) is 23.5. The van der Waals surface area contributed by atoms with E-state index in [0.717, 1.165) is 6.26 Å². The van der Waals surface area contributed by atoms with Crippen LogP contribution in [0.15, 0.2) is 41.3 Å². The maximum Gasteiger partial charge on any atom is 0.296 e. The summed E-state index contributed by atoms with van der Waals surface area (Å²) in [6, 6.07) is 8.15. The van der Waals surface area contributed by atoms with Crippen molar-refractivity contribution in [3.05, 3.63) is 52.1 Å². The smallest absolute Gasteiger partial charge is 0.296 e. The van der Waals surface area contributed by atoms with Gasteiger partial charge in [0.1, 0.15) is 5.69 Å². The van der Waals surface area contributed by atoms with Gasteiger partial charge in [0, 0.05) is 12.3 Å². The second-order valence-electron chi connectivity index (χ2n) is 6.49. The van der Waals surface area contributed by atoms with Gasteiger partial charge >= 0.3 is 0 Å². The Morgan fingerprint density at radius 3 is 2.17 bits per heavy atom. The molecule has 0 spiro atoms. The lowest BCUT2D eigenvalue weighted by molar-refractivity contribution is -0.384. The summed E-state index contributed by atoms with van der Waals surface area (Å²) < 4.78 is 35.1. The lowest BCUT2D eigenvalue weighted by atomic mass is 10.2. The minimum Gasteiger partial charge on any atom is -0.490 e. The summed E-state index contributed by atoms with van der Waals surface area (Å²) in [6.07, 6.45) is 2.38. The van der Waals surface area contributed by atoms with Gasteiger partial charge in [0.05, 0.1) is 34.7 Å². The highest BCUT2D eigenvalue weighted by atomic mass is 32.2. The minimum absolute atomic E-state index is 0.114. The van der Waals surface area contributed by atoms with Crippen molar-refractivity contribution >= 4 is 27.1 Å². The number of anilines is 1. The van der Waals surface area contributed by atoms with Crippen molar-refractivity contribution in [3.63, 3.8) is 0 Å². The van der Waals surface area contributed by atoms with Crippen molar-refractivity contribution in [2.24, 2.45) is 0 Å². The van der Waals surface area contributed by atoms with Gasteiger partial charge in [0.25, 0.3) is 11.6 Å². The van der Waals surface area contributed by atoms with Gasteiger partial charge in [-0.15, -0.1) is 0 Å². The SMILES string of the molecule is CCCOc1cc(NC(=O)c2ccccc2S(C)(=O)=O)c([N+](=O)[O-])cc1OCCC. The van der Waals surface area contributed by atoms with Gasteiger partial charge in [-0.1, -0.05) is 26.0 Å². The van der Waals surface area contributed by atoms with Gasteiger partial charge in [-0.25, -0.2) is 8.42 Å². The van der Waals surface area contributed by atoms with Crippen LogP contribution in [0, 0.1) is 10.1 Å². The number of nitro groups is 1. The molecule has 2 aromatic rings. The molecule has 0 aliphatic heterocycles. The minimum atomic E-state index is -3.67. The first-order valence-electron chi connectivity index (χ1n) is 9.37. The molecule has 0 fully saturated rings. The summed E-state index contributed by atoms with van der Waals surface area (Å²) in [6.45, 7) is 4.50. The van der Waals surface area contributed by atoms with Gasteiger partial charge in [0.2, 0.25) is 0 Å². The van der Waals surface area contributed by atoms with Crippen LogP contribution in [0.3, 0.4) is 0 Å². The van der Waals surface area contributed by atoms with E-state index in [4.69, 9.17) is 9.47 Å². The first-order valence-corrected chi connectivity index (χ1v) is 11.3. The number of hydrogen-bond acceptors (Lipinski definition) is 7. The predicted octanol–water partition coefficient (Wildman–Crippen LogP) is 3.83. The number of carbonyl (C=O) groups is 1. The number of ether oxygens (including phenoxy) is 2. The third-order valence-corrected chi connectivity index (χ3v) is 5.12. The molecule has 0 radical (unpaired) electrons. The zero-order valence-electron chi connectivity index (χ0n) is 17.0. The van der Waals surface area contributed by atoms with Crippen molar-refractivity contribution in [3.8, 4) is 11.5 Å². The van der Waals surface area contributed by atoms with Gasteiger partial charge < -0.3 is 14.8 Å². The van der Waals surface area contributed by atoms with E-state index in [2.05, 4.69) is 5.32 Å². The fourth-order valence-electron chi connectivity index (χ4n) is 2.62. The Morgan fingerprint density at radius 1 is 1.07 bits per heavy atom. The van der Waals surface area contributed by atoms with Crippen molar-refractivity contribution in [2.45, 2.75) is 31.6 Å². The van der Waals surface area contributed by atoms with Gasteiger partial charge in [0.15, 0.2) is 21.3 Å². The van der Waals surface area contributed by atoms with Crippen LogP contribution in [-0.2, 0) is 9.84 Å². The number of nitrogens with zero attached hydrogens (tertiary/aromatic N) is 1. The van der Waals surface area contributed by atoms with Crippen molar-refractivity contribution in [1.82, 2.24) is 0 Å². The molecule has 0 aromatic heterocycles. The normalized spacial score (nSPS) is 11.0. The third kappa shape index (κ3) is 5.69. The van der Waals surface area contributed by atoms with Gasteiger partial charge in [-0.2, -0.15) is 0 Å². The van der Waals surface area contributed by atoms with E-state index in [1.165, 1.54) is 36.4 Å². The molecule has 0 saturated carbocycles. The topological polar surface area (TPSA) is 125 Å². The maximum atomic E-state index is 12.8. The van der Waals surface area contributed by atoms with E-state index in [1.54, 1.807) is 0 Å². The molecule has 1 N–H and O–H groups in total. The van der Waals surface area contributed by atoms with Crippen molar-refractivity contribution < 1.29 is 27.6 Å². The molecule has 0 heterocycles. The van der Waals surface area contributed by atoms with Crippen molar-refractivity contribution in [2.75, 3.05) is 24.8 Å². The zero-order chi connectivity index (χ0) is 22.3. The lowest BCUT2D eigenvalue weighted by Crippen LogP contribution is -2.17. The average Bonchev–Trinajstić information content (AvgIpc) is 2.70. The van der Waals surface area contributed by atoms with Crippen LogP contribution in [0.2, 0.25) is 0 Å². The first kappa shape index (κ1) is 23.1. The number of nitrogens with one attached hydrogen (secondary N) is 1. The summed E-state index contributed by atoms with van der Waals surface area (Å²) in [5.41, 5.74) is -0.630. The number of amides is 1. The van der Waals surface area contributed by atoms with Gasteiger partial charge in [-0.3, -0.25) is 14.9 Å². The molecule has 9 nitrogen and oxygen atoms in total. The number of sulfone groups is 1. The quantitative estimate of drug-likeness (QED) is 0.443. The average molecular weight is 436 g/mol. The highest BCUT2D eigenvalue weighted by Crippen LogP contribution is 2.38. The molecule has 10 heteroatoms. The highest BCUT2D eigenvalue weighted by Gasteiger charge is 2.24. The van der Waals surface area contributed by atoms with Crippen LogP contribution in [0.1, 0.15) is 37.0 Å². The number of hydrogen-bond donors (Lipinski definition) is 1. The molecular weight excluding hydrogens is 412 g/mol. The molecule has 0 aliphatic carbocycles. The number of rotatable bonds is 10. The molecule has 0 atom stereocenters. The van der Waals surface area contributed by atoms with E-state index >= 15 is 0 Å². The predicted molar refractivity (Wildman–Crippen MR) is 112 cm³/mol. The van der Waals surface area contributed by atoms with Crippen LogP contribution in [0.5, 0.6) is 11.5 Å². The number of benzene rings is 2. The van der Waals surface area contributed by atoms with E-state index < -0.39 is 26.4 Å². The summed E-state index contributed by atoms with van der Waals surface area (Å²) in [5.74, 6) is -0.336. The van der Waals surface area contributed by atoms with E-state index in [9.17, 15) is 23.3 Å². The molecule has 0 saturated heterocycles. The fraction of sp³-hybridized carbons (Fsp3) is 0.350. The molecule has 2 aromatic carbocycles. The molecule has 0 unspecified atom stereocenters. The van der Waals surface area contributed by atoms with Crippen LogP contribution in [0.4, 0.5) is 11.4 Å². The Morgan fingerprint density at radius 2 is 1.63 bits per heavy atom. The second kappa shape index (κ2) is 10.1. The van der Waals surface area contributed by atoms with Gasteiger partial charge in [-0.05, 0) is 25.0 Å². The molecule has 1 amide bonds. The third-order valence-electron chi connectivity index (χ3n) is 3.96. The second-order valence-corrected chi connectivity index (χ2v) is 8.48. The monoisotopic (exact) mass is 436 g/mol. The summed E-state index contributed by atoms with van der Waals surface area (Å²) >= 11 is 0. The van der Waals surface area contributed by atoms with E-state index in [-0.39, 0.29) is 27.6 Å². The lowest BCUT2D eigenvalue weighted by Gasteiger charge is -2.15. The molecule has 0 aliphatic rings. The Kier molecular flexibility index (Phi) is 7.76. The molecule has 162 valence electrons. The number of nitro benzene ring substituents is 1. The Labute approximate surface area is 175 Å². The zero-order valence-corrected chi connectivity index (χ0v) is 17.8. The molecule has 30 heavy (non-hydrogen) atoms. The standard InChI is InChI=1S/C20H24N2O7S/c1-4-10-28-17-12-15(16(22(24)25)13-18(17)29-11-5-2)21-20(23)14-8-6-7-9-19(14)30(3,26)27/h6-9,12-13H,4-5,10-11H2,1-3H3,(H,21,23). The Hall–Kier alpha value is -3.14. The highest BCUT2D eigenvalue weighted by molar-refractivity contribution is 7.90. The van der Waals surface area contributed by atoms with Crippen molar-refractivity contribution in [1.29, 1.82) is 0 Å². The Bertz CT molecular complexity index is 1040. The van der Waals surface area contributed by atoms with Crippen LogP contribution < -0.4 is 14.8 Å². The molecular formula is C20H24N2O7S. The Balaban J connectivity index is 2.50. The largest absolute Gasteiger partial charge is 0.490 e.